The van der Waals surface area contributed by atoms with E-state index in [1.165, 1.54) is 19.3 Å². The van der Waals surface area contributed by atoms with Crippen molar-refractivity contribution in [2.75, 3.05) is 5.32 Å². The molecule has 2 aliphatic rings. The fourth-order valence-electron chi connectivity index (χ4n) is 5.50. The van der Waals surface area contributed by atoms with Gasteiger partial charge in [-0.2, -0.15) is 0 Å². The smallest absolute Gasteiger partial charge is 0.252 e. The SMILES string of the molecule is NC1(c2ccc(-c3ncc(NC(=O)CC4CCCCC4)cc3-c3ccccc3)cc2)CC(F)(F)C1. The van der Waals surface area contributed by atoms with E-state index in [4.69, 9.17) is 10.7 Å². The van der Waals surface area contributed by atoms with Crippen molar-refractivity contribution >= 4 is 11.6 Å². The molecule has 1 aromatic heterocycles. The van der Waals surface area contributed by atoms with Crippen molar-refractivity contribution in [2.45, 2.75) is 62.8 Å². The van der Waals surface area contributed by atoms with Gasteiger partial charge in [0.25, 0.3) is 5.92 Å². The van der Waals surface area contributed by atoms with Crippen LogP contribution in [0.15, 0.2) is 66.9 Å². The molecule has 35 heavy (non-hydrogen) atoms. The van der Waals surface area contributed by atoms with Crippen molar-refractivity contribution in [3.8, 4) is 22.4 Å². The molecule has 0 spiro atoms. The number of aromatic nitrogens is 1. The number of pyridine rings is 1. The molecule has 2 aliphatic carbocycles. The summed E-state index contributed by atoms with van der Waals surface area (Å²) in [6.07, 6.45) is 7.50. The van der Waals surface area contributed by atoms with Gasteiger partial charge < -0.3 is 11.1 Å². The van der Waals surface area contributed by atoms with Crippen molar-refractivity contribution in [1.29, 1.82) is 0 Å². The number of hydrogen-bond acceptors (Lipinski definition) is 3. The third kappa shape index (κ3) is 5.27. The second-order valence-corrected chi connectivity index (χ2v) is 10.2. The fraction of sp³-hybridized carbons (Fsp3) is 0.379. The molecule has 182 valence electrons. The molecule has 2 fully saturated rings. The minimum Gasteiger partial charge on any atom is -0.325 e. The highest BCUT2D eigenvalue weighted by Gasteiger charge is 2.55. The predicted molar refractivity (Wildman–Crippen MR) is 135 cm³/mol. The van der Waals surface area contributed by atoms with Crippen LogP contribution in [0.5, 0.6) is 0 Å². The highest BCUT2D eigenvalue weighted by Crippen LogP contribution is 2.50. The zero-order valence-corrected chi connectivity index (χ0v) is 19.8. The Labute approximate surface area is 205 Å². The summed E-state index contributed by atoms with van der Waals surface area (Å²) in [5.41, 5.74) is 10.1. The summed E-state index contributed by atoms with van der Waals surface area (Å²) in [5, 5.41) is 3.04. The number of anilines is 1. The summed E-state index contributed by atoms with van der Waals surface area (Å²) in [7, 11) is 0. The molecule has 3 aromatic rings. The van der Waals surface area contributed by atoms with Gasteiger partial charge in [-0.3, -0.25) is 9.78 Å². The number of halogens is 2. The Kier molecular flexibility index (Phi) is 6.41. The maximum Gasteiger partial charge on any atom is 0.252 e. The number of nitrogens with one attached hydrogen (secondary N) is 1. The molecule has 0 aliphatic heterocycles. The molecule has 0 bridgehead atoms. The summed E-state index contributed by atoms with van der Waals surface area (Å²) in [5.74, 6) is -2.20. The van der Waals surface area contributed by atoms with Crippen molar-refractivity contribution in [1.82, 2.24) is 4.98 Å². The first-order valence-electron chi connectivity index (χ1n) is 12.4. The zero-order valence-electron chi connectivity index (χ0n) is 19.8. The lowest BCUT2D eigenvalue weighted by Crippen LogP contribution is -2.55. The van der Waals surface area contributed by atoms with Crippen LogP contribution in [0.4, 0.5) is 14.5 Å². The molecule has 0 unspecified atom stereocenters. The number of alkyl halides is 2. The minimum atomic E-state index is -2.69. The van der Waals surface area contributed by atoms with Gasteiger partial charge in [-0.05, 0) is 36.0 Å². The fourth-order valence-corrected chi connectivity index (χ4v) is 5.50. The van der Waals surface area contributed by atoms with Gasteiger partial charge in [0.15, 0.2) is 0 Å². The molecule has 1 amide bonds. The van der Waals surface area contributed by atoms with Gasteiger partial charge in [0.05, 0.1) is 23.1 Å². The van der Waals surface area contributed by atoms with Gasteiger partial charge in [0.2, 0.25) is 5.91 Å². The largest absolute Gasteiger partial charge is 0.325 e. The Morgan fingerprint density at radius 1 is 0.971 bits per heavy atom. The van der Waals surface area contributed by atoms with E-state index in [1.807, 2.05) is 60.7 Å². The molecular formula is C29H31F2N3O. The number of rotatable bonds is 6. The summed E-state index contributed by atoms with van der Waals surface area (Å²) >= 11 is 0. The average Bonchev–Trinajstić information content (AvgIpc) is 2.84. The van der Waals surface area contributed by atoms with E-state index in [0.717, 1.165) is 35.2 Å². The van der Waals surface area contributed by atoms with Gasteiger partial charge in [-0.25, -0.2) is 8.78 Å². The third-order valence-electron chi connectivity index (χ3n) is 7.34. The third-order valence-corrected chi connectivity index (χ3v) is 7.34. The van der Waals surface area contributed by atoms with Crippen LogP contribution in [-0.2, 0) is 10.3 Å². The first-order chi connectivity index (χ1) is 16.8. The topological polar surface area (TPSA) is 68.0 Å². The molecule has 0 radical (unpaired) electrons. The molecule has 3 N–H and O–H groups in total. The second kappa shape index (κ2) is 9.50. The number of hydrogen-bond donors (Lipinski definition) is 2. The highest BCUT2D eigenvalue weighted by atomic mass is 19.3. The monoisotopic (exact) mass is 475 g/mol. The number of nitrogens with zero attached hydrogens (tertiary/aromatic N) is 1. The molecule has 1 heterocycles. The van der Waals surface area contributed by atoms with Crippen molar-refractivity contribution in [3.63, 3.8) is 0 Å². The van der Waals surface area contributed by atoms with Crippen molar-refractivity contribution in [3.05, 3.63) is 72.4 Å². The van der Waals surface area contributed by atoms with Gasteiger partial charge in [-0.15, -0.1) is 0 Å². The van der Waals surface area contributed by atoms with E-state index in [1.54, 1.807) is 6.20 Å². The molecule has 5 rings (SSSR count). The Morgan fingerprint density at radius 3 is 2.31 bits per heavy atom. The van der Waals surface area contributed by atoms with Gasteiger partial charge in [-0.1, -0.05) is 73.9 Å². The van der Waals surface area contributed by atoms with Crippen LogP contribution < -0.4 is 11.1 Å². The quantitative estimate of drug-likeness (QED) is 0.407. The molecular weight excluding hydrogens is 444 g/mol. The summed E-state index contributed by atoms with van der Waals surface area (Å²) < 4.78 is 26.9. The van der Waals surface area contributed by atoms with Crippen LogP contribution >= 0.6 is 0 Å². The van der Waals surface area contributed by atoms with E-state index >= 15 is 0 Å². The van der Waals surface area contributed by atoms with Gasteiger partial charge >= 0.3 is 0 Å². The average molecular weight is 476 g/mol. The molecule has 0 saturated heterocycles. The van der Waals surface area contributed by atoms with Crippen molar-refractivity contribution < 1.29 is 13.6 Å². The predicted octanol–water partition coefficient (Wildman–Crippen LogP) is 6.91. The lowest BCUT2D eigenvalue weighted by Gasteiger charge is -2.44. The number of carbonyl (C=O) groups excluding carboxylic acids is 1. The van der Waals surface area contributed by atoms with E-state index in [0.29, 0.717) is 23.6 Å². The van der Waals surface area contributed by atoms with E-state index in [2.05, 4.69) is 5.32 Å². The van der Waals surface area contributed by atoms with Crippen molar-refractivity contribution in [2.24, 2.45) is 11.7 Å². The lowest BCUT2D eigenvalue weighted by atomic mass is 9.70. The van der Waals surface area contributed by atoms with Crippen LogP contribution in [0.3, 0.4) is 0 Å². The molecule has 2 saturated carbocycles. The maximum absolute atomic E-state index is 13.4. The van der Waals surface area contributed by atoms with Gasteiger partial charge in [0.1, 0.15) is 0 Å². The number of carbonyl (C=O) groups is 1. The van der Waals surface area contributed by atoms with E-state index in [9.17, 15) is 13.6 Å². The normalized spacial score (nSPS) is 19.1. The highest BCUT2D eigenvalue weighted by molar-refractivity contribution is 5.92. The maximum atomic E-state index is 13.4. The summed E-state index contributed by atoms with van der Waals surface area (Å²) in [6, 6.07) is 19.3. The molecule has 0 atom stereocenters. The Balaban J connectivity index is 1.40. The summed E-state index contributed by atoms with van der Waals surface area (Å²) in [4.78, 5) is 17.4. The lowest BCUT2D eigenvalue weighted by molar-refractivity contribution is -0.125. The van der Waals surface area contributed by atoms with E-state index < -0.39 is 11.5 Å². The second-order valence-electron chi connectivity index (χ2n) is 10.2. The molecule has 4 nitrogen and oxygen atoms in total. The number of nitrogens with two attached hydrogens (primary N) is 1. The first kappa shape index (κ1) is 23.6. The molecule has 6 heteroatoms. The number of benzene rings is 2. The molecule has 2 aromatic carbocycles. The first-order valence-corrected chi connectivity index (χ1v) is 12.4. The Bertz CT molecular complexity index is 1180. The van der Waals surface area contributed by atoms with Crippen LogP contribution in [0, 0.1) is 5.92 Å². The zero-order chi connectivity index (χ0) is 24.5. The number of amides is 1. The van der Waals surface area contributed by atoms with Crippen LogP contribution in [-0.4, -0.2) is 16.8 Å². The van der Waals surface area contributed by atoms with Crippen LogP contribution in [0.25, 0.3) is 22.4 Å². The standard InChI is InChI=1S/C29H31F2N3O/c30-29(31)18-28(32,19-29)23-13-11-22(12-14-23)27-25(21-9-5-2-6-10-21)16-24(17-33-27)34-26(35)15-20-7-3-1-4-8-20/h2,5-6,9-14,16-17,20H,1,3-4,7-8,15,18-19,32H2,(H,34,35). The van der Waals surface area contributed by atoms with E-state index in [-0.39, 0.29) is 18.7 Å². The Hall–Kier alpha value is -3.12. The Morgan fingerprint density at radius 2 is 1.66 bits per heavy atom. The summed E-state index contributed by atoms with van der Waals surface area (Å²) in [6.45, 7) is 0. The van der Waals surface area contributed by atoms with Gasteiger partial charge in [0, 0.05) is 30.4 Å². The van der Waals surface area contributed by atoms with Crippen LogP contribution in [0.1, 0.15) is 56.9 Å². The minimum absolute atomic E-state index is 0.0281. The van der Waals surface area contributed by atoms with Crippen LogP contribution in [0.2, 0.25) is 0 Å².